The van der Waals surface area contributed by atoms with Crippen molar-refractivity contribution in [3.05, 3.63) is 92.6 Å². The van der Waals surface area contributed by atoms with Crippen LogP contribution in [-0.2, 0) is 34.5 Å². The number of aromatic nitrogens is 4. The first-order valence-corrected chi connectivity index (χ1v) is 17.5. The van der Waals surface area contributed by atoms with Crippen molar-refractivity contribution in [2.75, 3.05) is 27.3 Å². The minimum Gasteiger partial charge on any atom is -0.481 e. The number of halogens is 2. The second-order valence-corrected chi connectivity index (χ2v) is 13.3. The van der Waals surface area contributed by atoms with E-state index in [1.807, 2.05) is 48.5 Å². The number of fused-ring (bicyclic) bond motifs is 1. The maximum atomic E-state index is 13.3. The van der Waals surface area contributed by atoms with E-state index < -0.39 is 12.1 Å². The summed E-state index contributed by atoms with van der Waals surface area (Å²) in [5.41, 5.74) is 5.09. The number of hydrogen-bond acceptors (Lipinski definition) is 10. The molecule has 0 unspecified atom stereocenters. The minimum absolute atomic E-state index is 0.0823. The largest absolute Gasteiger partial charge is 0.481 e. The zero-order chi connectivity index (χ0) is 36.9. The third kappa shape index (κ3) is 7.98. The summed E-state index contributed by atoms with van der Waals surface area (Å²) >= 11 is 14.2. The number of ether oxygens (including phenoxy) is 2. The van der Waals surface area contributed by atoms with Gasteiger partial charge in [-0.1, -0.05) is 65.7 Å². The first-order chi connectivity index (χ1) is 25.1. The zero-order valence-electron chi connectivity index (χ0n) is 28.9. The van der Waals surface area contributed by atoms with E-state index in [1.54, 1.807) is 26.4 Å². The summed E-state index contributed by atoms with van der Waals surface area (Å²) in [5.74, 6) is 0.471. The summed E-state index contributed by atoms with van der Waals surface area (Å²) in [4.78, 5) is 41.0. The Bertz CT molecular complexity index is 2190. The maximum Gasteiger partial charge on any atom is 0.308 e. The molecule has 2 aromatic carbocycles. The van der Waals surface area contributed by atoms with Crippen molar-refractivity contribution in [2.24, 2.45) is 7.05 Å². The standard InChI is InChI=1S/C37H39Cl2N7O6/c1-45-31(19-41-18-24(47)15-33(49)51-2)44-46-20-22(14-30(46)37(45)50)25-6-4-7-26(34(25)38)27-8-5-9-28(35(27)39)29-12-10-21(36(43-29)52-3)16-40-17-23-11-13-32(48)42-23/h4-10,12,14,20,23-24,40-41,47H,11,13,15-19H2,1-3H3,(H,42,48)/t23-,24-/m1/s1. The quantitative estimate of drug-likeness (QED) is 0.122. The number of amides is 1. The van der Waals surface area contributed by atoms with Crippen LogP contribution in [0.5, 0.6) is 5.88 Å². The van der Waals surface area contributed by atoms with Crippen LogP contribution in [0.3, 0.4) is 0 Å². The first kappa shape index (κ1) is 37.0. The van der Waals surface area contributed by atoms with Crippen LogP contribution in [0.1, 0.15) is 30.7 Å². The third-order valence-electron chi connectivity index (χ3n) is 9.03. The van der Waals surface area contributed by atoms with Gasteiger partial charge in [-0.15, -0.1) is 0 Å². The predicted molar refractivity (Wildman–Crippen MR) is 198 cm³/mol. The number of esters is 1. The molecule has 13 nitrogen and oxygen atoms in total. The van der Waals surface area contributed by atoms with E-state index in [0.717, 1.165) is 12.0 Å². The highest BCUT2D eigenvalue weighted by Crippen LogP contribution is 2.42. The molecular weight excluding hydrogens is 709 g/mol. The fourth-order valence-corrected chi connectivity index (χ4v) is 6.88. The van der Waals surface area contributed by atoms with Crippen molar-refractivity contribution in [1.29, 1.82) is 0 Å². The van der Waals surface area contributed by atoms with Gasteiger partial charge in [0.25, 0.3) is 5.56 Å². The van der Waals surface area contributed by atoms with E-state index in [-0.39, 0.29) is 37.0 Å². The number of hydrogen-bond donors (Lipinski definition) is 4. The Hall–Kier alpha value is -4.79. The molecule has 272 valence electrons. The summed E-state index contributed by atoms with van der Waals surface area (Å²) in [6, 6.07) is 17.0. The molecule has 1 saturated heterocycles. The maximum absolute atomic E-state index is 13.3. The number of aliphatic hydroxyl groups is 1. The highest BCUT2D eigenvalue weighted by atomic mass is 35.5. The number of rotatable bonds is 14. The molecule has 1 aliphatic heterocycles. The van der Waals surface area contributed by atoms with Gasteiger partial charge in [-0.3, -0.25) is 19.0 Å². The summed E-state index contributed by atoms with van der Waals surface area (Å²) in [6.07, 6.45) is 2.02. The van der Waals surface area contributed by atoms with Crippen molar-refractivity contribution in [2.45, 2.75) is 44.5 Å². The van der Waals surface area contributed by atoms with Gasteiger partial charge in [-0.25, -0.2) is 9.50 Å². The van der Waals surface area contributed by atoms with E-state index >= 15 is 0 Å². The van der Waals surface area contributed by atoms with Gasteiger partial charge < -0.3 is 30.5 Å². The van der Waals surface area contributed by atoms with Crippen LogP contribution >= 0.6 is 23.2 Å². The Morgan fingerprint density at radius 1 is 1.02 bits per heavy atom. The molecule has 1 amide bonds. The molecule has 52 heavy (non-hydrogen) atoms. The molecule has 0 radical (unpaired) electrons. The number of aliphatic hydroxyl groups excluding tert-OH is 1. The Morgan fingerprint density at radius 2 is 1.73 bits per heavy atom. The SMILES string of the molecule is COC(=O)C[C@@H](O)CNCc1nn2cc(-c3cccc(-c4cccc(-c5ccc(CNC[C@H]6CCC(=O)N6)c(OC)n5)c4Cl)c3Cl)cc2c(=O)n1C. The number of nitrogens with zero attached hydrogens (tertiary/aromatic N) is 4. The highest BCUT2D eigenvalue weighted by molar-refractivity contribution is 6.39. The van der Waals surface area contributed by atoms with Crippen LogP contribution in [-0.4, -0.2) is 75.6 Å². The van der Waals surface area contributed by atoms with E-state index in [2.05, 4.69) is 25.8 Å². The van der Waals surface area contributed by atoms with Crippen molar-refractivity contribution in [3.8, 4) is 39.4 Å². The molecule has 0 spiro atoms. The van der Waals surface area contributed by atoms with E-state index in [4.69, 9.17) is 32.9 Å². The number of methoxy groups -OCH3 is 2. The molecule has 1 fully saturated rings. The lowest BCUT2D eigenvalue weighted by Gasteiger charge is -2.15. The average molecular weight is 749 g/mol. The summed E-state index contributed by atoms with van der Waals surface area (Å²) < 4.78 is 13.2. The van der Waals surface area contributed by atoms with Crippen LogP contribution in [0.25, 0.3) is 39.0 Å². The minimum atomic E-state index is -0.943. The fraction of sp³-hybridized carbons (Fsp3) is 0.324. The Kier molecular flexibility index (Phi) is 11.6. The second kappa shape index (κ2) is 16.3. The molecule has 0 bridgehead atoms. The van der Waals surface area contributed by atoms with Crippen molar-refractivity contribution in [3.63, 3.8) is 0 Å². The van der Waals surface area contributed by atoms with Crippen molar-refractivity contribution >= 4 is 40.6 Å². The molecule has 0 aliphatic carbocycles. The van der Waals surface area contributed by atoms with Crippen LogP contribution in [0, 0.1) is 0 Å². The highest BCUT2D eigenvalue weighted by Gasteiger charge is 2.21. The molecule has 4 heterocycles. The topological polar surface area (TPSA) is 161 Å². The van der Waals surface area contributed by atoms with Gasteiger partial charge >= 0.3 is 5.97 Å². The summed E-state index contributed by atoms with van der Waals surface area (Å²) in [6.45, 7) is 1.47. The number of carbonyl (C=O) groups is 2. The van der Waals surface area contributed by atoms with Gasteiger partial charge in [0.05, 0.1) is 49.0 Å². The Labute approximate surface area is 309 Å². The van der Waals surface area contributed by atoms with Crippen LogP contribution in [0.15, 0.2) is 65.6 Å². The summed E-state index contributed by atoms with van der Waals surface area (Å²) in [5, 5.41) is 25.0. The van der Waals surface area contributed by atoms with Gasteiger partial charge in [-0.2, -0.15) is 5.10 Å². The molecule has 3 aromatic heterocycles. The van der Waals surface area contributed by atoms with Gasteiger partial charge in [-0.05, 0) is 18.6 Å². The smallest absolute Gasteiger partial charge is 0.308 e. The number of carbonyl (C=O) groups excluding carboxylic acids is 2. The normalized spacial score (nSPS) is 14.8. The Morgan fingerprint density at radius 3 is 2.42 bits per heavy atom. The average Bonchev–Trinajstić information content (AvgIpc) is 3.76. The number of benzene rings is 2. The van der Waals surface area contributed by atoms with Crippen molar-refractivity contribution < 1.29 is 24.2 Å². The second-order valence-electron chi connectivity index (χ2n) is 12.5. The molecule has 1 aliphatic rings. The summed E-state index contributed by atoms with van der Waals surface area (Å²) in [7, 11) is 4.46. The monoisotopic (exact) mass is 747 g/mol. The van der Waals surface area contributed by atoms with E-state index in [9.17, 15) is 19.5 Å². The van der Waals surface area contributed by atoms with E-state index in [0.29, 0.717) is 80.3 Å². The first-order valence-electron chi connectivity index (χ1n) is 16.7. The molecule has 2 atom stereocenters. The lowest BCUT2D eigenvalue weighted by atomic mass is 9.97. The van der Waals surface area contributed by atoms with E-state index in [1.165, 1.54) is 16.2 Å². The van der Waals surface area contributed by atoms with Crippen LogP contribution in [0.2, 0.25) is 10.0 Å². The van der Waals surface area contributed by atoms with Gasteiger partial charge in [0, 0.05) is 78.7 Å². The molecule has 5 aromatic rings. The van der Waals surface area contributed by atoms with Gasteiger partial charge in [0.2, 0.25) is 11.8 Å². The molecule has 15 heteroatoms. The Balaban J connectivity index is 1.23. The van der Waals surface area contributed by atoms with Crippen molar-refractivity contribution in [1.82, 2.24) is 35.1 Å². The lowest BCUT2D eigenvalue weighted by Crippen LogP contribution is -2.35. The van der Waals surface area contributed by atoms with Gasteiger partial charge in [0.15, 0.2) is 0 Å². The zero-order valence-corrected chi connectivity index (χ0v) is 30.4. The van der Waals surface area contributed by atoms with Crippen LogP contribution < -0.4 is 26.2 Å². The molecular formula is C37H39Cl2N7O6. The number of nitrogens with one attached hydrogen (secondary N) is 3. The molecule has 4 N–H and O–H groups in total. The molecule has 6 rings (SSSR count). The fourth-order valence-electron chi connectivity index (χ4n) is 6.22. The third-order valence-corrected chi connectivity index (χ3v) is 9.84. The van der Waals surface area contributed by atoms with Gasteiger partial charge in [0.1, 0.15) is 11.3 Å². The lowest BCUT2D eigenvalue weighted by molar-refractivity contribution is -0.142. The molecule has 0 saturated carbocycles. The number of pyridine rings is 1. The predicted octanol–water partition coefficient (Wildman–Crippen LogP) is 4.13. The van der Waals surface area contributed by atoms with Crippen LogP contribution in [0.4, 0.5) is 0 Å².